The first-order valence-corrected chi connectivity index (χ1v) is 7.95. The molecule has 20 heavy (non-hydrogen) atoms. The first kappa shape index (κ1) is 15.1. The summed E-state index contributed by atoms with van der Waals surface area (Å²) in [6, 6.07) is 11.9. The number of thiophene rings is 1. The Morgan fingerprint density at radius 2 is 2.20 bits per heavy atom. The summed E-state index contributed by atoms with van der Waals surface area (Å²) in [6.45, 7) is 2.02. The lowest BCUT2D eigenvalue weighted by Crippen LogP contribution is -2.34. The zero-order valence-corrected chi connectivity index (χ0v) is 13.0. The zero-order chi connectivity index (χ0) is 14.4. The van der Waals surface area contributed by atoms with Gasteiger partial charge >= 0.3 is 0 Å². The van der Waals surface area contributed by atoms with E-state index in [2.05, 4.69) is 11.4 Å². The summed E-state index contributed by atoms with van der Waals surface area (Å²) in [4.78, 5) is 13.1. The summed E-state index contributed by atoms with van der Waals surface area (Å²) in [5.74, 6) is 0.105. The van der Waals surface area contributed by atoms with Crippen molar-refractivity contribution in [3.8, 4) is 0 Å². The molecular formula is C16H18ClNOS. The SMILES string of the molecule is C[C@H](Cc1cccc(Cl)c1)NC(=O)CCc1cccs1. The minimum absolute atomic E-state index is 0.105. The molecule has 0 aliphatic rings. The number of amides is 1. The van der Waals surface area contributed by atoms with Gasteiger partial charge < -0.3 is 5.32 Å². The van der Waals surface area contributed by atoms with Gasteiger partial charge in [0.05, 0.1) is 0 Å². The molecule has 1 N–H and O–H groups in total. The summed E-state index contributed by atoms with van der Waals surface area (Å²) in [7, 11) is 0. The molecule has 2 rings (SSSR count). The van der Waals surface area contributed by atoms with E-state index in [0.29, 0.717) is 6.42 Å². The average Bonchev–Trinajstić information content (AvgIpc) is 2.89. The third-order valence-corrected chi connectivity index (χ3v) is 4.19. The minimum atomic E-state index is 0.105. The van der Waals surface area contributed by atoms with Gasteiger partial charge in [0.2, 0.25) is 5.91 Å². The molecule has 0 aliphatic heterocycles. The number of carbonyl (C=O) groups excluding carboxylic acids is 1. The fourth-order valence-electron chi connectivity index (χ4n) is 2.11. The third-order valence-electron chi connectivity index (χ3n) is 3.02. The highest BCUT2D eigenvalue weighted by Gasteiger charge is 2.09. The van der Waals surface area contributed by atoms with Gasteiger partial charge in [0.15, 0.2) is 0 Å². The van der Waals surface area contributed by atoms with Crippen LogP contribution in [0.25, 0.3) is 0 Å². The van der Waals surface area contributed by atoms with E-state index in [-0.39, 0.29) is 11.9 Å². The van der Waals surface area contributed by atoms with E-state index in [1.54, 1.807) is 11.3 Å². The average molecular weight is 308 g/mol. The monoisotopic (exact) mass is 307 g/mol. The van der Waals surface area contributed by atoms with E-state index in [1.807, 2.05) is 42.6 Å². The van der Waals surface area contributed by atoms with Gasteiger partial charge in [-0.15, -0.1) is 11.3 Å². The smallest absolute Gasteiger partial charge is 0.220 e. The van der Waals surface area contributed by atoms with Crippen LogP contribution in [-0.2, 0) is 17.6 Å². The maximum absolute atomic E-state index is 11.9. The van der Waals surface area contributed by atoms with Crippen LogP contribution in [0.4, 0.5) is 0 Å². The van der Waals surface area contributed by atoms with Crippen molar-refractivity contribution in [1.29, 1.82) is 0 Å². The highest BCUT2D eigenvalue weighted by atomic mass is 35.5. The number of benzene rings is 1. The largest absolute Gasteiger partial charge is 0.353 e. The summed E-state index contributed by atoms with van der Waals surface area (Å²) < 4.78 is 0. The van der Waals surface area contributed by atoms with Crippen LogP contribution in [0.1, 0.15) is 23.8 Å². The molecule has 0 radical (unpaired) electrons. The van der Waals surface area contributed by atoms with Crippen LogP contribution in [0, 0.1) is 0 Å². The van der Waals surface area contributed by atoms with Crippen molar-refractivity contribution in [2.75, 3.05) is 0 Å². The molecule has 1 heterocycles. The fourth-order valence-corrected chi connectivity index (χ4v) is 3.03. The molecular weight excluding hydrogens is 290 g/mol. The van der Waals surface area contributed by atoms with Crippen molar-refractivity contribution in [3.05, 3.63) is 57.2 Å². The Labute approximate surface area is 128 Å². The Hall–Kier alpha value is -1.32. The minimum Gasteiger partial charge on any atom is -0.353 e. The highest BCUT2D eigenvalue weighted by Crippen LogP contribution is 2.13. The molecule has 0 saturated carbocycles. The second-order valence-electron chi connectivity index (χ2n) is 4.88. The lowest BCUT2D eigenvalue weighted by Gasteiger charge is -2.14. The first-order chi connectivity index (χ1) is 9.63. The summed E-state index contributed by atoms with van der Waals surface area (Å²) in [6.07, 6.45) is 2.15. The zero-order valence-electron chi connectivity index (χ0n) is 11.4. The quantitative estimate of drug-likeness (QED) is 0.856. The summed E-state index contributed by atoms with van der Waals surface area (Å²) in [5, 5.41) is 5.80. The molecule has 0 unspecified atom stereocenters. The van der Waals surface area contributed by atoms with E-state index in [1.165, 1.54) is 4.88 Å². The number of aryl methyl sites for hydroxylation is 1. The van der Waals surface area contributed by atoms with Crippen molar-refractivity contribution in [3.63, 3.8) is 0 Å². The molecule has 0 bridgehead atoms. The maximum Gasteiger partial charge on any atom is 0.220 e. The number of hydrogen-bond acceptors (Lipinski definition) is 2. The number of halogens is 1. The van der Waals surface area contributed by atoms with Crippen LogP contribution in [0.2, 0.25) is 5.02 Å². The Morgan fingerprint density at radius 1 is 1.35 bits per heavy atom. The van der Waals surface area contributed by atoms with E-state index in [0.717, 1.165) is 23.4 Å². The molecule has 0 fully saturated rings. The van der Waals surface area contributed by atoms with Crippen LogP contribution in [0.15, 0.2) is 41.8 Å². The standard InChI is InChI=1S/C16H18ClNOS/c1-12(10-13-4-2-5-14(17)11-13)18-16(19)8-7-15-6-3-9-20-15/h2-6,9,11-12H,7-8,10H2,1H3,(H,18,19)/t12-/m1/s1. The van der Waals surface area contributed by atoms with Gasteiger partial charge in [-0.25, -0.2) is 0 Å². The van der Waals surface area contributed by atoms with Crippen LogP contribution < -0.4 is 5.32 Å². The van der Waals surface area contributed by atoms with E-state index >= 15 is 0 Å². The Kier molecular flexibility index (Phi) is 5.62. The normalized spacial score (nSPS) is 12.1. The number of hydrogen-bond donors (Lipinski definition) is 1. The van der Waals surface area contributed by atoms with Gasteiger partial charge in [0, 0.05) is 22.4 Å². The molecule has 2 nitrogen and oxygen atoms in total. The molecule has 0 spiro atoms. The summed E-state index contributed by atoms with van der Waals surface area (Å²) in [5.41, 5.74) is 1.14. The van der Waals surface area contributed by atoms with Gasteiger partial charge in [-0.3, -0.25) is 4.79 Å². The number of rotatable bonds is 6. The van der Waals surface area contributed by atoms with Gasteiger partial charge in [0.25, 0.3) is 0 Å². The maximum atomic E-state index is 11.9. The van der Waals surface area contributed by atoms with Gasteiger partial charge in [-0.1, -0.05) is 29.8 Å². The second-order valence-corrected chi connectivity index (χ2v) is 6.35. The summed E-state index contributed by atoms with van der Waals surface area (Å²) >= 11 is 7.65. The van der Waals surface area contributed by atoms with Crippen molar-refractivity contribution in [1.82, 2.24) is 5.32 Å². The topological polar surface area (TPSA) is 29.1 Å². The number of carbonyl (C=O) groups is 1. The lowest BCUT2D eigenvalue weighted by atomic mass is 10.1. The van der Waals surface area contributed by atoms with E-state index in [4.69, 9.17) is 11.6 Å². The predicted molar refractivity (Wildman–Crippen MR) is 85.4 cm³/mol. The molecule has 1 aromatic heterocycles. The lowest BCUT2D eigenvalue weighted by molar-refractivity contribution is -0.121. The van der Waals surface area contributed by atoms with E-state index < -0.39 is 0 Å². The Bertz CT molecular complexity index is 553. The molecule has 1 amide bonds. The number of nitrogens with one attached hydrogen (secondary N) is 1. The molecule has 0 saturated heterocycles. The van der Waals surface area contributed by atoms with Crippen LogP contribution in [-0.4, -0.2) is 11.9 Å². The molecule has 4 heteroatoms. The fraction of sp³-hybridized carbons (Fsp3) is 0.312. The molecule has 1 atom stereocenters. The Morgan fingerprint density at radius 3 is 2.90 bits per heavy atom. The van der Waals surface area contributed by atoms with Crippen molar-refractivity contribution in [2.45, 2.75) is 32.2 Å². The van der Waals surface area contributed by atoms with Crippen LogP contribution in [0.3, 0.4) is 0 Å². The molecule has 2 aromatic rings. The molecule has 106 valence electrons. The van der Waals surface area contributed by atoms with Gasteiger partial charge in [-0.05, 0) is 48.9 Å². The third kappa shape index (κ3) is 4.99. The second kappa shape index (κ2) is 7.46. The van der Waals surface area contributed by atoms with Gasteiger partial charge in [0.1, 0.15) is 0 Å². The van der Waals surface area contributed by atoms with Crippen LogP contribution in [0.5, 0.6) is 0 Å². The van der Waals surface area contributed by atoms with Gasteiger partial charge in [-0.2, -0.15) is 0 Å². The van der Waals surface area contributed by atoms with Crippen molar-refractivity contribution in [2.24, 2.45) is 0 Å². The van der Waals surface area contributed by atoms with Crippen molar-refractivity contribution < 1.29 is 4.79 Å². The predicted octanol–water partition coefficient (Wildman–Crippen LogP) is 4.08. The van der Waals surface area contributed by atoms with Crippen LogP contribution >= 0.6 is 22.9 Å². The Balaban J connectivity index is 1.76. The van der Waals surface area contributed by atoms with E-state index in [9.17, 15) is 4.79 Å². The first-order valence-electron chi connectivity index (χ1n) is 6.69. The molecule has 0 aliphatic carbocycles. The molecule has 1 aromatic carbocycles. The van der Waals surface area contributed by atoms with Crippen molar-refractivity contribution >= 4 is 28.8 Å². The highest BCUT2D eigenvalue weighted by molar-refractivity contribution is 7.09.